The molecule has 5 nitrogen and oxygen atoms in total. The molecule has 1 amide bonds. The predicted molar refractivity (Wildman–Crippen MR) is 97.5 cm³/mol. The first-order valence-electron chi connectivity index (χ1n) is 8.66. The summed E-state index contributed by atoms with van der Waals surface area (Å²) >= 11 is 0. The number of amides is 1. The Morgan fingerprint density at radius 1 is 1.07 bits per heavy atom. The van der Waals surface area contributed by atoms with Gasteiger partial charge < -0.3 is 15.1 Å². The van der Waals surface area contributed by atoms with Gasteiger partial charge in [0.2, 0.25) is 5.76 Å². The van der Waals surface area contributed by atoms with Crippen molar-refractivity contribution in [3.05, 3.63) is 83.4 Å². The van der Waals surface area contributed by atoms with Crippen LogP contribution in [0, 0.1) is 11.7 Å². The highest BCUT2D eigenvalue weighted by atomic mass is 19.1. The van der Waals surface area contributed by atoms with E-state index in [1.54, 1.807) is 12.1 Å². The van der Waals surface area contributed by atoms with Crippen LogP contribution in [0.4, 0.5) is 4.39 Å². The van der Waals surface area contributed by atoms with Crippen LogP contribution in [0.25, 0.3) is 0 Å². The van der Waals surface area contributed by atoms with Gasteiger partial charge in [0, 0.05) is 13.1 Å². The lowest BCUT2D eigenvalue weighted by Gasteiger charge is -2.22. The molecule has 2 aromatic rings. The third-order valence-corrected chi connectivity index (χ3v) is 4.68. The van der Waals surface area contributed by atoms with Crippen molar-refractivity contribution < 1.29 is 24.2 Å². The van der Waals surface area contributed by atoms with Gasteiger partial charge in [0.05, 0.1) is 6.08 Å². The summed E-state index contributed by atoms with van der Waals surface area (Å²) in [5, 5.41) is 18.2. The van der Waals surface area contributed by atoms with E-state index in [0.29, 0.717) is 18.5 Å². The molecule has 2 atom stereocenters. The van der Waals surface area contributed by atoms with Crippen molar-refractivity contribution in [1.82, 2.24) is 4.90 Å². The Bertz CT molecular complexity index is 848. The summed E-state index contributed by atoms with van der Waals surface area (Å²) in [6, 6.07) is 15.8. The third-order valence-electron chi connectivity index (χ3n) is 4.68. The fraction of sp³-hybridized carbons (Fsp3) is 0.238. The topological polar surface area (TPSA) is 77.8 Å². The van der Waals surface area contributed by atoms with Crippen molar-refractivity contribution >= 4 is 11.9 Å². The number of benzene rings is 2. The molecule has 2 aromatic carbocycles. The molecule has 6 heteroatoms. The number of nitrogens with zero attached hydrogens (tertiary/aromatic N) is 1. The van der Waals surface area contributed by atoms with E-state index < -0.39 is 17.6 Å². The molecule has 0 saturated heterocycles. The molecule has 1 aliphatic carbocycles. The maximum atomic E-state index is 13.1. The number of hydrogen-bond donors (Lipinski definition) is 2. The van der Waals surface area contributed by atoms with Gasteiger partial charge in [0.25, 0.3) is 5.91 Å². The molecule has 0 radical (unpaired) electrons. The minimum absolute atomic E-state index is 0.209. The summed E-state index contributed by atoms with van der Waals surface area (Å²) in [5.74, 6) is -2.90. The number of hydrogen-bond acceptors (Lipinski definition) is 3. The molecule has 1 unspecified atom stereocenters. The number of aliphatic hydroxyl groups is 1. The molecular formula is C21H20FNO4. The quantitative estimate of drug-likeness (QED) is 0.579. The normalized spacial score (nSPS) is 18.8. The van der Waals surface area contributed by atoms with E-state index in [4.69, 9.17) is 5.11 Å². The standard InChI is InChI=1S/C21H20FNO4/c22-17-8-6-14(7-9-17)12-23(20(25)11-19(24)21(26)27)13-16-10-18(16)15-4-2-1-3-5-15/h1-9,11,16,18,24H,10,12-13H2,(H,26,27)/b19-11-/t16-,18?/m1/s1. The Labute approximate surface area is 156 Å². The van der Waals surface area contributed by atoms with E-state index in [2.05, 4.69) is 0 Å². The van der Waals surface area contributed by atoms with E-state index in [1.807, 2.05) is 30.3 Å². The Morgan fingerprint density at radius 2 is 1.74 bits per heavy atom. The van der Waals surface area contributed by atoms with Crippen molar-refractivity contribution in [1.29, 1.82) is 0 Å². The van der Waals surface area contributed by atoms with E-state index in [1.165, 1.54) is 22.6 Å². The fourth-order valence-electron chi connectivity index (χ4n) is 3.15. The molecule has 0 bridgehead atoms. The number of carbonyl (C=O) groups excluding carboxylic acids is 1. The van der Waals surface area contributed by atoms with Crippen molar-refractivity contribution in [2.24, 2.45) is 5.92 Å². The minimum Gasteiger partial charge on any atom is -0.502 e. The molecule has 0 heterocycles. The molecule has 2 N–H and O–H groups in total. The monoisotopic (exact) mass is 369 g/mol. The second kappa shape index (κ2) is 8.03. The zero-order valence-electron chi connectivity index (χ0n) is 14.6. The molecule has 1 aliphatic rings. The molecule has 0 spiro atoms. The summed E-state index contributed by atoms with van der Waals surface area (Å²) in [5.41, 5.74) is 1.94. The summed E-state index contributed by atoms with van der Waals surface area (Å²) in [7, 11) is 0. The number of rotatable bonds is 7. The number of aliphatic hydroxyl groups excluding tert-OH is 1. The number of aliphatic carboxylic acids is 1. The minimum atomic E-state index is -1.56. The smallest absolute Gasteiger partial charge is 0.371 e. The van der Waals surface area contributed by atoms with Gasteiger partial charge in [0.15, 0.2) is 0 Å². The van der Waals surface area contributed by atoms with Crippen LogP contribution >= 0.6 is 0 Å². The SMILES string of the molecule is O=C(O)/C(O)=C/C(=O)N(Cc1ccc(F)cc1)C[C@H]1CC1c1ccccc1. The average molecular weight is 369 g/mol. The zero-order valence-corrected chi connectivity index (χ0v) is 14.6. The number of halogens is 1. The van der Waals surface area contributed by atoms with Gasteiger partial charge in [-0.25, -0.2) is 9.18 Å². The largest absolute Gasteiger partial charge is 0.502 e. The van der Waals surface area contributed by atoms with E-state index in [-0.39, 0.29) is 18.3 Å². The molecule has 27 heavy (non-hydrogen) atoms. The van der Waals surface area contributed by atoms with Gasteiger partial charge in [-0.1, -0.05) is 42.5 Å². The van der Waals surface area contributed by atoms with Gasteiger partial charge >= 0.3 is 5.97 Å². The Kier molecular flexibility index (Phi) is 5.54. The van der Waals surface area contributed by atoms with Crippen molar-refractivity contribution in [2.75, 3.05) is 6.54 Å². The zero-order chi connectivity index (χ0) is 19.4. The van der Waals surface area contributed by atoms with Crippen LogP contribution in [0.15, 0.2) is 66.4 Å². The van der Waals surface area contributed by atoms with E-state index >= 15 is 0 Å². The third kappa shape index (κ3) is 4.94. The van der Waals surface area contributed by atoms with Crippen molar-refractivity contribution in [3.8, 4) is 0 Å². The molecule has 0 aliphatic heterocycles. The van der Waals surface area contributed by atoms with Crippen molar-refractivity contribution in [3.63, 3.8) is 0 Å². The summed E-state index contributed by atoms with van der Waals surface area (Å²) < 4.78 is 13.1. The molecule has 3 rings (SSSR count). The van der Waals surface area contributed by atoms with E-state index in [9.17, 15) is 19.1 Å². The van der Waals surface area contributed by atoms with Gasteiger partial charge in [-0.05, 0) is 41.5 Å². The van der Waals surface area contributed by atoms with Crippen LogP contribution < -0.4 is 0 Å². The second-order valence-corrected chi connectivity index (χ2v) is 6.69. The predicted octanol–water partition coefficient (Wildman–Crippen LogP) is 3.48. The molecule has 1 saturated carbocycles. The first-order valence-corrected chi connectivity index (χ1v) is 8.66. The first kappa shape index (κ1) is 18.6. The van der Waals surface area contributed by atoms with Gasteiger partial charge in [-0.15, -0.1) is 0 Å². The van der Waals surface area contributed by atoms with Crippen LogP contribution in [-0.2, 0) is 16.1 Å². The summed E-state index contributed by atoms with van der Waals surface area (Å²) in [6.45, 7) is 0.639. The highest BCUT2D eigenvalue weighted by molar-refractivity contribution is 5.96. The number of carboxylic acids is 1. The lowest BCUT2D eigenvalue weighted by molar-refractivity contribution is -0.136. The van der Waals surface area contributed by atoms with Crippen LogP contribution in [-0.4, -0.2) is 33.5 Å². The summed E-state index contributed by atoms with van der Waals surface area (Å²) in [6.07, 6.45) is 1.65. The van der Waals surface area contributed by atoms with Crippen LogP contribution in [0.2, 0.25) is 0 Å². The van der Waals surface area contributed by atoms with Gasteiger partial charge in [-0.3, -0.25) is 4.79 Å². The average Bonchev–Trinajstić information content (AvgIpc) is 3.42. The van der Waals surface area contributed by atoms with Crippen LogP contribution in [0.3, 0.4) is 0 Å². The molecular weight excluding hydrogens is 349 g/mol. The maximum absolute atomic E-state index is 13.1. The maximum Gasteiger partial charge on any atom is 0.371 e. The first-order chi connectivity index (χ1) is 12.9. The van der Waals surface area contributed by atoms with Crippen LogP contribution in [0.5, 0.6) is 0 Å². The highest BCUT2D eigenvalue weighted by Gasteiger charge is 2.39. The number of carbonyl (C=O) groups is 2. The summed E-state index contributed by atoms with van der Waals surface area (Å²) in [4.78, 5) is 24.8. The lowest BCUT2D eigenvalue weighted by atomic mass is 10.1. The molecule has 1 fully saturated rings. The Hall–Kier alpha value is -3.15. The molecule has 140 valence electrons. The van der Waals surface area contributed by atoms with Crippen LogP contribution in [0.1, 0.15) is 23.5 Å². The number of carboxylic acid groups (broad SMARTS) is 1. The fourth-order valence-corrected chi connectivity index (χ4v) is 3.15. The van der Waals surface area contributed by atoms with Crippen molar-refractivity contribution in [2.45, 2.75) is 18.9 Å². The molecule has 0 aromatic heterocycles. The van der Waals surface area contributed by atoms with Gasteiger partial charge in [-0.2, -0.15) is 0 Å². The van der Waals surface area contributed by atoms with E-state index in [0.717, 1.165) is 12.0 Å². The lowest BCUT2D eigenvalue weighted by Crippen LogP contribution is -2.32. The van der Waals surface area contributed by atoms with Gasteiger partial charge in [0.1, 0.15) is 5.82 Å². The highest BCUT2D eigenvalue weighted by Crippen LogP contribution is 2.47. The second-order valence-electron chi connectivity index (χ2n) is 6.69. The Morgan fingerprint density at radius 3 is 2.37 bits per heavy atom. The Balaban J connectivity index is 1.73.